The van der Waals surface area contributed by atoms with Gasteiger partial charge in [0, 0.05) is 0 Å². The second-order valence-corrected chi connectivity index (χ2v) is 14.0. The summed E-state index contributed by atoms with van der Waals surface area (Å²) >= 11 is 0. The Morgan fingerprint density at radius 2 is 1.62 bits per heavy atom. The molecular formula is C22H33FO2Si. The molecule has 3 rings (SSSR count). The molecule has 2 aliphatic rings. The van der Waals surface area contributed by atoms with E-state index < -0.39 is 8.07 Å². The molecule has 0 bridgehead atoms. The van der Waals surface area contributed by atoms with Gasteiger partial charge in [0.2, 0.25) is 0 Å². The molecule has 0 aromatic heterocycles. The molecular weight excluding hydrogens is 343 g/mol. The lowest BCUT2D eigenvalue weighted by Crippen LogP contribution is -2.37. The van der Waals surface area contributed by atoms with Crippen molar-refractivity contribution < 1.29 is 13.9 Å². The molecule has 0 unspecified atom stereocenters. The highest BCUT2D eigenvalue weighted by molar-refractivity contribution is 6.78. The molecule has 0 radical (unpaired) electrons. The topological polar surface area (TPSA) is 26.3 Å². The van der Waals surface area contributed by atoms with Crippen LogP contribution >= 0.6 is 0 Å². The zero-order valence-corrected chi connectivity index (χ0v) is 17.3. The fourth-order valence-corrected chi connectivity index (χ4v) is 9.24. The minimum atomic E-state index is -0.915. The van der Waals surface area contributed by atoms with Crippen molar-refractivity contribution in [2.75, 3.05) is 0 Å². The first-order valence-electron chi connectivity index (χ1n) is 10.5. The van der Waals surface area contributed by atoms with Gasteiger partial charge in [-0.3, -0.25) is 0 Å². The van der Waals surface area contributed by atoms with Crippen molar-refractivity contribution >= 4 is 14.0 Å². The first-order chi connectivity index (χ1) is 12.5. The average molecular weight is 377 g/mol. The maximum absolute atomic E-state index is 13.0. The van der Waals surface area contributed by atoms with Gasteiger partial charge in [-0.1, -0.05) is 50.9 Å². The number of carbonyl (C=O) groups is 1. The number of carbonyl (C=O) groups excluding carboxylic acids is 1. The Bertz CT molecular complexity index is 585. The third kappa shape index (κ3) is 4.96. The van der Waals surface area contributed by atoms with Crippen LogP contribution in [0.3, 0.4) is 0 Å². The van der Waals surface area contributed by atoms with Crippen molar-refractivity contribution in [1.29, 1.82) is 0 Å². The van der Waals surface area contributed by atoms with Gasteiger partial charge in [0.15, 0.2) is 0 Å². The summed E-state index contributed by atoms with van der Waals surface area (Å²) in [5, 5.41) is 0. The van der Waals surface area contributed by atoms with E-state index in [9.17, 15) is 9.18 Å². The molecule has 26 heavy (non-hydrogen) atoms. The molecule has 2 fully saturated rings. The van der Waals surface area contributed by atoms with Crippen LogP contribution in [-0.4, -0.2) is 20.1 Å². The molecule has 1 heterocycles. The van der Waals surface area contributed by atoms with E-state index in [0.717, 1.165) is 24.7 Å². The highest BCUT2D eigenvalue weighted by atomic mass is 28.3. The predicted molar refractivity (Wildman–Crippen MR) is 107 cm³/mol. The number of hydrogen-bond donors (Lipinski definition) is 0. The fourth-order valence-electron chi connectivity index (χ4n) is 5.15. The van der Waals surface area contributed by atoms with E-state index in [1.165, 1.54) is 74.5 Å². The first kappa shape index (κ1) is 19.6. The Morgan fingerprint density at radius 3 is 2.19 bits per heavy atom. The Balaban J connectivity index is 1.43. The summed E-state index contributed by atoms with van der Waals surface area (Å²) < 4.78 is 18.6. The maximum Gasteiger partial charge on any atom is 0.338 e. The summed E-state index contributed by atoms with van der Waals surface area (Å²) in [6, 6.07) is 10.2. The SMILES string of the molecule is CCC[Si]1(C)CCC([C@H]2CC[C@H](OC(=O)c3ccc(F)cc3)CC2)CC1. The molecule has 1 aromatic rings. The zero-order valence-electron chi connectivity index (χ0n) is 16.3. The van der Waals surface area contributed by atoms with Gasteiger partial charge in [-0.05, 0) is 61.8 Å². The minimum Gasteiger partial charge on any atom is -0.459 e. The van der Waals surface area contributed by atoms with Gasteiger partial charge in [-0.15, -0.1) is 0 Å². The number of ether oxygens (including phenoxy) is 1. The van der Waals surface area contributed by atoms with Crippen LogP contribution < -0.4 is 0 Å². The Kier molecular flexibility index (Phi) is 6.54. The van der Waals surface area contributed by atoms with Crippen molar-refractivity contribution in [2.45, 2.75) is 82.7 Å². The lowest BCUT2D eigenvalue weighted by molar-refractivity contribution is 0.0127. The number of rotatable bonds is 5. The standard InChI is InChI=1S/C22H33FO2Si/c1-3-14-26(2)15-12-18(13-16-26)17-6-10-21(11-7-17)25-22(24)19-4-8-20(23)9-5-19/h4-5,8-9,17-18,21H,3,6-7,10-16H2,1-2H3/t17-,18?,21-,26?. The lowest BCUT2D eigenvalue weighted by Gasteiger charge is -2.41. The van der Waals surface area contributed by atoms with Crippen molar-refractivity contribution in [3.8, 4) is 0 Å². The summed E-state index contributed by atoms with van der Waals surface area (Å²) in [7, 11) is -0.915. The van der Waals surface area contributed by atoms with Gasteiger partial charge in [0.25, 0.3) is 0 Å². The summed E-state index contributed by atoms with van der Waals surface area (Å²) in [4.78, 5) is 12.2. The van der Waals surface area contributed by atoms with E-state index in [1.807, 2.05) is 0 Å². The Morgan fingerprint density at radius 1 is 1.04 bits per heavy atom. The Labute approximate surface area is 158 Å². The molecule has 1 aromatic carbocycles. The van der Waals surface area contributed by atoms with Gasteiger partial charge in [0.05, 0.1) is 13.6 Å². The highest BCUT2D eigenvalue weighted by Gasteiger charge is 2.36. The molecule has 2 nitrogen and oxygen atoms in total. The summed E-state index contributed by atoms with van der Waals surface area (Å²) in [6.45, 7) is 4.94. The van der Waals surface area contributed by atoms with E-state index in [1.54, 1.807) is 0 Å². The van der Waals surface area contributed by atoms with Gasteiger partial charge in [0.1, 0.15) is 11.9 Å². The monoisotopic (exact) mass is 376 g/mol. The van der Waals surface area contributed by atoms with Crippen LogP contribution in [0, 0.1) is 17.7 Å². The normalized spacial score (nSPS) is 32.2. The maximum atomic E-state index is 13.0. The van der Waals surface area contributed by atoms with E-state index in [-0.39, 0.29) is 17.9 Å². The second-order valence-electron chi connectivity index (χ2n) is 8.85. The van der Waals surface area contributed by atoms with E-state index in [0.29, 0.717) is 5.56 Å². The van der Waals surface area contributed by atoms with Gasteiger partial charge < -0.3 is 4.74 Å². The molecule has 1 saturated heterocycles. The number of hydrogen-bond acceptors (Lipinski definition) is 2. The minimum absolute atomic E-state index is 0.0344. The van der Waals surface area contributed by atoms with Gasteiger partial charge in [-0.2, -0.15) is 0 Å². The number of halogens is 1. The molecule has 1 saturated carbocycles. The van der Waals surface area contributed by atoms with Crippen LogP contribution in [0.4, 0.5) is 4.39 Å². The quantitative estimate of drug-likeness (QED) is 0.436. The molecule has 0 amide bonds. The molecule has 1 aliphatic carbocycles. The molecule has 144 valence electrons. The summed E-state index contributed by atoms with van der Waals surface area (Å²) in [5.41, 5.74) is 0.445. The van der Waals surface area contributed by atoms with Crippen molar-refractivity contribution in [2.24, 2.45) is 11.8 Å². The second kappa shape index (κ2) is 8.68. The smallest absolute Gasteiger partial charge is 0.338 e. The van der Waals surface area contributed by atoms with Gasteiger partial charge >= 0.3 is 5.97 Å². The van der Waals surface area contributed by atoms with Crippen LogP contribution in [0.1, 0.15) is 62.2 Å². The number of esters is 1. The third-order valence-electron chi connectivity index (χ3n) is 6.83. The lowest BCUT2D eigenvalue weighted by atomic mass is 9.76. The van der Waals surface area contributed by atoms with E-state index >= 15 is 0 Å². The molecule has 1 aliphatic heterocycles. The largest absolute Gasteiger partial charge is 0.459 e. The molecule has 4 heteroatoms. The summed E-state index contributed by atoms with van der Waals surface area (Å²) in [6.07, 6.45) is 8.62. The van der Waals surface area contributed by atoms with Crippen LogP contribution in [0.15, 0.2) is 24.3 Å². The summed E-state index contributed by atoms with van der Waals surface area (Å²) in [5.74, 6) is 1.09. The van der Waals surface area contributed by atoms with E-state index in [4.69, 9.17) is 4.74 Å². The van der Waals surface area contributed by atoms with Crippen molar-refractivity contribution in [1.82, 2.24) is 0 Å². The van der Waals surface area contributed by atoms with Crippen molar-refractivity contribution in [3.05, 3.63) is 35.6 Å². The van der Waals surface area contributed by atoms with Crippen LogP contribution in [0.25, 0.3) is 0 Å². The highest BCUT2D eigenvalue weighted by Crippen LogP contribution is 2.43. The van der Waals surface area contributed by atoms with E-state index in [2.05, 4.69) is 13.5 Å². The van der Waals surface area contributed by atoms with Crippen molar-refractivity contribution in [3.63, 3.8) is 0 Å². The van der Waals surface area contributed by atoms with Crippen LogP contribution in [0.2, 0.25) is 24.7 Å². The molecule has 0 atom stereocenters. The third-order valence-corrected chi connectivity index (χ3v) is 11.5. The molecule has 0 spiro atoms. The predicted octanol–water partition coefficient (Wildman–Crippen LogP) is 6.44. The first-order valence-corrected chi connectivity index (χ1v) is 13.6. The van der Waals surface area contributed by atoms with Gasteiger partial charge in [-0.25, -0.2) is 9.18 Å². The molecule has 0 N–H and O–H groups in total. The average Bonchev–Trinajstić information content (AvgIpc) is 2.64. The number of benzene rings is 1. The Hall–Kier alpha value is -1.16. The zero-order chi connectivity index (χ0) is 18.6. The fraction of sp³-hybridized carbons (Fsp3) is 0.682. The van der Waals surface area contributed by atoms with Crippen LogP contribution in [0.5, 0.6) is 0 Å². The van der Waals surface area contributed by atoms with Crippen LogP contribution in [-0.2, 0) is 4.74 Å².